The SMILES string of the molecule is C=C/C(=C\C=C(/C)C1CC1COc1nc(C)ncc1-c1cc(C)n(C)c(=O)c1)OC. The maximum atomic E-state index is 12.2. The van der Waals surface area contributed by atoms with Crippen molar-refractivity contribution in [2.75, 3.05) is 13.7 Å². The molecule has 1 aliphatic carbocycles. The van der Waals surface area contributed by atoms with Crippen molar-refractivity contribution in [3.8, 4) is 17.0 Å². The molecule has 0 amide bonds. The van der Waals surface area contributed by atoms with E-state index in [2.05, 4.69) is 29.5 Å². The lowest BCUT2D eigenvalue weighted by Gasteiger charge is -2.12. The summed E-state index contributed by atoms with van der Waals surface area (Å²) in [5.41, 5.74) is 3.61. The number of pyridine rings is 1. The Kier molecular flexibility index (Phi) is 6.55. The van der Waals surface area contributed by atoms with Gasteiger partial charge in [-0.2, -0.15) is 4.98 Å². The van der Waals surface area contributed by atoms with E-state index in [9.17, 15) is 4.79 Å². The number of allylic oxidation sites excluding steroid dienone is 4. The Morgan fingerprint density at radius 3 is 2.77 bits per heavy atom. The number of aromatic nitrogens is 3. The summed E-state index contributed by atoms with van der Waals surface area (Å²) >= 11 is 0. The summed E-state index contributed by atoms with van der Waals surface area (Å²) in [5, 5.41) is 0. The lowest BCUT2D eigenvalue weighted by Crippen LogP contribution is -2.18. The molecular formula is C24H29N3O3. The first-order valence-corrected chi connectivity index (χ1v) is 10.0. The Balaban J connectivity index is 1.74. The number of nitrogens with zero attached hydrogens (tertiary/aromatic N) is 3. The van der Waals surface area contributed by atoms with E-state index in [4.69, 9.17) is 9.47 Å². The van der Waals surface area contributed by atoms with Crippen LogP contribution in [0.4, 0.5) is 0 Å². The number of methoxy groups -OCH3 is 1. The molecule has 2 atom stereocenters. The largest absolute Gasteiger partial charge is 0.497 e. The molecule has 6 heteroatoms. The Bertz CT molecular complexity index is 1070. The molecule has 0 aromatic carbocycles. The van der Waals surface area contributed by atoms with Crippen molar-refractivity contribution in [2.24, 2.45) is 18.9 Å². The zero-order valence-electron chi connectivity index (χ0n) is 18.3. The van der Waals surface area contributed by atoms with Crippen LogP contribution in [0.1, 0.15) is 24.9 Å². The molecule has 2 heterocycles. The van der Waals surface area contributed by atoms with Crippen LogP contribution in [-0.4, -0.2) is 28.3 Å². The topological polar surface area (TPSA) is 66.2 Å². The lowest BCUT2D eigenvalue weighted by atomic mass is 10.1. The predicted molar refractivity (Wildman–Crippen MR) is 118 cm³/mol. The Morgan fingerprint density at radius 2 is 2.10 bits per heavy atom. The van der Waals surface area contributed by atoms with Gasteiger partial charge in [0.1, 0.15) is 11.6 Å². The number of aryl methyl sites for hydroxylation is 2. The zero-order valence-corrected chi connectivity index (χ0v) is 18.3. The maximum Gasteiger partial charge on any atom is 0.251 e. The molecule has 0 N–H and O–H groups in total. The first-order chi connectivity index (χ1) is 14.3. The van der Waals surface area contributed by atoms with Gasteiger partial charge in [0.2, 0.25) is 5.88 Å². The van der Waals surface area contributed by atoms with Gasteiger partial charge < -0.3 is 14.0 Å². The molecule has 2 aromatic rings. The van der Waals surface area contributed by atoms with Gasteiger partial charge in [-0.25, -0.2) is 4.98 Å². The molecule has 30 heavy (non-hydrogen) atoms. The fraction of sp³-hybridized carbons (Fsp3) is 0.375. The highest BCUT2D eigenvalue weighted by Gasteiger charge is 2.38. The summed E-state index contributed by atoms with van der Waals surface area (Å²) in [4.78, 5) is 21.0. The fourth-order valence-corrected chi connectivity index (χ4v) is 3.41. The van der Waals surface area contributed by atoms with Crippen LogP contribution in [0.5, 0.6) is 5.88 Å². The molecule has 0 aliphatic heterocycles. The van der Waals surface area contributed by atoms with Crippen LogP contribution in [0, 0.1) is 25.7 Å². The van der Waals surface area contributed by atoms with Crippen molar-refractivity contribution in [1.29, 1.82) is 0 Å². The molecule has 3 rings (SSSR count). The van der Waals surface area contributed by atoms with Crippen molar-refractivity contribution in [3.63, 3.8) is 0 Å². The fourth-order valence-electron chi connectivity index (χ4n) is 3.41. The highest BCUT2D eigenvalue weighted by molar-refractivity contribution is 5.67. The van der Waals surface area contributed by atoms with Gasteiger partial charge in [0, 0.05) is 30.9 Å². The third kappa shape index (κ3) is 4.87. The molecule has 2 unspecified atom stereocenters. The van der Waals surface area contributed by atoms with Crippen LogP contribution in [0.2, 0.25) is 0 Å². The van der Waals surface area contributed by atoms with Gasteiger partial charge in [0.05, 0.1) is 19.3 Å². The molecule has 158 valence electrons. The monoisotopic (exact) mass is 407 g/mol. The summed E-state index contributed by atoms with van der Waals surface area (Å²) in [6.45, 7) is 10.2. The van der Waals surface area contributed by atoms with Crippen molar-refractivity contribution < 1.29 is 9.47 Å². The van der Waals surface area contributed by atoms with Gasteiger partial charge in [-0.05, 0) is 56.9 Å². The average molecular weight is 408 g/mol. The quantitative estimate of drug-likeness (QED) is 0.486. The summed E-state index contributed by atoms with van der Waals surface area (Å²) in [6, 6.07) is 3.55. The molecule has 6 nitrogen and oxygen atoms in total. The van der Waals surface area contributed by atoms with E-state index in [1.807, 2.05) is 26.0 Å². The van der Waals surface area contributed by atoms with Crippen LogP contribution < -0.4 is 10.3 Å². The first kappa shape index (κ1) is 21.6. The van der Waals surface area contributed by atoms with Crippen LogP contribution in [-0.2, 0) is 11.8 Å². The minimum Gasteiger partial charge on any atom is -0.497 e. The van der Waals surface area contributed by atoms with E-state index >= 15 is 0 Å². The van der Waals surface area contributed by atoms with Crippen molar-refractivity contribution in [2.45, 2.75) is 27.2 Å². The highest BCUT2D eigenvalue weighted by atomic mass is 16.5. The van der Waals surface area contributed by atoms with E-state index in [1.54, 1.807) is 37.1 Å². The normalized spacial score (nSPS) is 18.8. The third-order valence-corrected chi connectivity index (χ3v) is 5.58. The van der Waals surface area contributed by atoms with E-state index in [1.165, 1.54) is 5.57 Å². The maximum absolute atomic E-state index is 12.2. The van der Waals surface area contributed by atoms with Crippen LogP contribution in [0.25, 0.3) is 11.1 Å². The smallest absolute Gasteiger partial charge is 0.251 e. The minimum atomic E-state index is -0.0671. The average Bonchev–Trinajstić information content (AvgIpc) is 3.50. The number of hydrogen-bond donors (Lipinski definition) is 0. The molecule has 0 bridgehead atoms. The molecule has 1 fully saturated rings. The second-order valence-corrected chi connectivity index (χ2v) is 7.72. The van der Waals surface area contributed by atoms with Crippen molar-refractivity contribution >= 4 is 0 Å². The van der Waals surface area contributed by atoms with Crippen molar-refractivity contribution in [1.82, 2.24) is 14.5 Å². The summed E-state index contributed by atoms with van der Waals surface area (Å²) in [6.07, 6.45) is 8.51. The standard InChI is InChI=1S/C24H29N3O3/c1-7-20(29-6)9-8-15(2)21-11-19(21)14-30-24-22(13-25-17(4)26-24)18-10-16(3)27(5)23(28)12-18/h7-10,12-13,19,21H,1,11,14H2,2-6H3/b15-8+,20-9+. The Hall–Kier alpha value is -3.15. The Morgan fingerprint density at radius 1 is 1.33 bits per heavy atom. The van der Waals surface area contributed by atoms with E-state index in [0.29, 0.717) is 30.1 Å². The molecule has 0 spiro atoms. The number of hydrogen-bond acceptors (Lipinski definition) is 5. The van der Waals surface area contributed by atoms with Gasteiger partial charge >= 0.3 is 0 Å². The van der Waals surface area contributed by atoms with Crippen molar-refractivity contribution in [3.05, 3.63) is 76.3 Å². The summed E-state index contributed by atoms with van der Waals surface area (Å²) in [5.74, 6) is 2.84. The van der Waals surface area contributed by atoms with Gasteiger partial charge in [-0.15, -0.1) is 0 Å². The molecule has 1 saturated carbocycles. The lowest BCUT2D eigenvalue weighted by molar-refractivity contribution is 0.283. The molecule has 2 aromatic heterocycles. The van der Waals surface area contributed by atoms with Gasteiger partial charge in [-0.1, -0.05) is 18.2 Å². The summed E-state index contributed by atoms with van der Waals surface area (Å²) in [7, 11) is 3.39. The number of rotatable bonds is 8. The zero-order chi connectivity index (χ0) is 21.8. The second-order valence-electron chi connectivity index (χ2n) is 7.72. The summed E-state index contributed by atoms with van der Waals surface area (Å²) < 4.78 is 12.9. The second kappa shape index (κ2) is 9.11. The van der Waals surface area contributed by atoms with Crippen LogP contribution in [0.15, 0.2) is 59.3 Å². The van der Waals surface area contributed by atoms with Gasteiger partial charge in [0.15, 0.2) is 0 Å². The highest BCUT2D eigenvalue weighted by Crippen LogP contribution is 2.44. The molecule has 1 aliphatic rings. The molecule has 0 radical (unpaired) electrons. The van der Waals surface area contributed by atoms with Crippen LogP contribution >= 0.6 is 0 Å². The predicted octanol–water partition coefficient (Wildman–Crippen LogP) is 4.14. The Labute approximate surface area is 177 Å². The number of ether oxygens (including phenoxy) is 2. The van der Waals surface area contributed by atoms with Gasteiger partial charge in [0.25, 0.3) is 5.56 Å². The van der Waals surface area contributed by atoms with E-state index in [0.717, 1.165) is 29.0 Å². The van der Waals surface area contributed by atoms with E-state index < -0.39 is 0 Å². The van der Waals surface area contributed by atoms with E-state index in [-0.39, 0.29) is 5.56 Å². The minimum absolute atomic E-state index is 0.0671. The molecule has 0 saturated heterocycles. The first-order valence-electron chi connectivity index (χ1n) is 10.0. The van der Waals surface area contributed by atoms with Gasteiger partial charge in [-0.3, -0.25) is 4.79 Å². The van der Waals surface area contributed by atoms with Crippen LogP contribution in [0.3, 0.4) is 0 Å². The third-order valence-electron chi connectivity index (χ3n) is 5.58. The molecular weight excluding hydrogens is 378 g/mol.